The molecule has 1 aliphatic heterocycles. The summed E-state index contributed by atoms with van der Waals surface area (Å²) in [6.07, 6.45) is 1.34. The summed E-state index contributed by atoms with van der Waals surface area (Å²) in [5.74, 6) is -1.68. The average Bonchev–Trinajstić information content (AvgIpc) is 3.41. The van der Waals surface area contributed by atoms with Gasteiger partial charge in [-0.2, -0.15) is 0 Å². The standard InChI is InChI=1S/C24H29N3O7/c1-24(2,11-15-7-5-4-6-8-15)12-17(26-23(31)34-16-9-10-32-13-16)22(30)27(3)19-18(28)14-33-20(19)21(25)29/h4-10,13,17,19-20H,11-12,14H2,1-3H3,(H2,25,29)(H,26,31)/t17-,19?,20?/m0/s1. The molecule has 182 valence electrons. The summed E-state index contributed by atoms with van der Waals surface area (Å²) < 4.78 is 15.2. The number of carbonyl (C=O) groups is 4. The van der Waals surface area contributed by atoms with E-state index in [1.54, 1.807) is 0 Å². The van der Waals surface area contributed by atoms with Crippen LogP contribution in [0.4, 0.5) is 4.79 Å². The van der Waals surface area contributed by atoms with E-state index in [0.717, 1.165) is 10.5 Å². The minimum Gasteiger partial charge on any atom is -0.469 e. The molecule has 10 nitrogen and oxygen atoms in total. The fraction of sp³-hybridized carbons (Fsp3) is 0.417. The van der Waals surface area contributed by atoms with Gasteiger partial charge in [0.15, 0.2) is 17.6 Å². The van der Waals surface area contributed by atoms with Gasteiger partial charge in [0.1, 0.15) is 25.0 Å². The van der Waals surface area contributed by atoms with Gasteiger partial charge in [-0.15, -0.1) is 0 Å². The first-order valence-electron chi connectivity index (χ1n) is 10.8. The van der Waals surface area contributed by atoms with E-state index < -0.39 is 47.3 Å². The molecular weight excluding hydrogens is 442 g/mol. The van der Waals surface area contributed by atoms with Gasteiger partial charge < -0.3 is 29.8 Å². The summed E-state index contributed by atoms with van der Waals surface area (Å²) >= 11 is 0. The van der Waals surface area contributed by atoms with E-state index >= 15 is 0 Å². The van der Waals surface area contributed by atoms with Gasteiger partial charge in [-0.3, -0.25) is 14.4 Å². The topological polar surface area (TPSA) is 141 Å². The van der Waals surface area contributed by atoms with Crippen molar-refractivity contribution in [2.24, 2.45) is 11.1 Å². The van der Waals surface area contributed by atoms with Crippen LogP contribution in [0.3, 0.4) is 0 Å². The first-order chi connectivity index (χ1) is 16.1. The van der Waals surface area contributed by atoms with Crippen LogP contribution < -0.4 is 15.8 Å². The van der Waals surface area contributed by atoms with Crippen LogP contribution in [-0.2, 0) is 25.5 Å². The fourth-order valence-electron chi connectivity index (χ4n) is 4.12. The molecule has 34 heavy (non-hydrogen) atoms. The number of furan rings is 1. The molecule has 2 heterocycles. The molecule has 10 heteroatoms. The third-order valence-electron chi connectivity index (χ3n) is 5.65. The van der Waals surface area contributed by atoms with Crippen LogP contribution in [0, 0.1) is 5.41 Å². The highest BCUT2D eigenvalue weighted by Crippen LogP contribution is 2.29. The van der Waals surface area contributed by atoms with E-state index in [1.165, 1.54) is 25.6 Å². The molecule has 3 atom stereocenters. The van der Waals surface area contributed by atoms with E-state index in [0.29, 0.717) is 6.42 Å². The molecule has 1 aromatic heterocycles. The summed E-state index contributed by atoms with van der Waals surface area (Å²) in [5.41, 5.74) is 6.00. The number of nitrogens with zero attached hydrogens (tertiary/aromatic N) is 1. The number of carbonyl (C=O) groups excluding carboxylic acids is 4. The molecule has 0 aliphatic carbocycles. The largest absolute Gasteiger partial charge is 0.469 e. The van der Waals surface area contributed by atoms with Gasteiger partial charge in [0.05, 0.1) is 6.26 Å². The van der Waals surface area contributed by atoms with Crippen LogP contribution >= 0.6 is 0 Å². The van der Waals surface area contributed by atoms with Gasteiger partial charge in [-0.25, -0.2) is 4.79 Å². The van der Waals surface area contributed by atoms with Crippen molar-refractivity contribution < 1.29 is 33.1 Å². The Balaban J connectivity index is 1.80. The number of amides is 3. The minimum absolute atomic E-state index is 0.175. The van der Waals surface area contributed by atoms with Gasteiger partial charge in [-0.05, 0) is 23.8 Å². The molecule has 3 amide bonds. The zero-order valence-electron chi connectivity index (χ0n) is 19.4. The highest BCUT2D eigenvalue weighted by molar-refractivity contribution is 5.99. The first kappa shape index (κ1) is 25.0. The Labute approximate surface area is 197 Å². The average molecular weight is 472 g/mol. The lowest BCUT2D eigenvalue weighted by Crippen LogP contribution is -2.57. The van der Waals surface area contributed by atoms with Crippen LogP contribution in [0.1, 0.15) is 25.8 Å². The number of rotatable bonds is 9. The van der Waals surface area contributed by atoms with Crippen LogP contribution in [-0.4, -0.2) is 60.4 Å². The molecule has 2 unspecified atom stereocenters. The summed E-state index contributed by atoms with van der Waals surface area (Å²) in [6.45, 7) is 3.62. The van der Waals surface area contributed by atoms with Crippen molar-refractivity contribution in [2.45, 2.75) is 44.9 Å². The lowest BCUT2D eigenvalue weighted by molar-refractivity contribution is -0.141. The molecule has 0 saturated carbocycles. The summed E-state index contributed by atoms with van der Waals surface area (Å²) in [4.78, 5) is 51.3. The molecule has 1 aliphatic rings. The second-order valence-electron chi connectivity index (χ2n) is 9.07. The quantitative estimate of drug-likeness (QED) is 0.567. The molecule has 3 rings (SSSR count). The predicted octanol–water partition coefficient (Wildman–Crippen LogP) is 1.68. The summed E-state index contributed by atoms with van der Waals surface area (Å²) in [7, 11) is 1.38. The Hall–Kier alpha value is -3.66. The third kappa shape index (κ3) is 6.22. The number of primary amides is 1. The second-order valence-corrected chi connectivity index (χ2v) is 9.07. The molecule has 1 saturated heterocycles. The van der Waals surface area contributed by atoms with Gasteiger partial charge >= 0.3 is 6.09 Å². The van der Waals surface area contributed by atoms with Crippen LogP contribution in [0.2, 0.25) is 0 Å². The van der Waals surface area contributed by atoms with Gasteiger partial charge in [0.2, 0.25) is 11.8 Å². The Morgan fingerprint density at radius 3 is 2.56 bits per heavy atom. The van der Waals surface area contributed by atoms with Gasteiger partial charge in [-0.1, -0.05) is 44.2 Å². The molecule has 3 N–H and O–H groups in total. The van der Waals surface area contributed by atoms with Crippen molar-refractivity contribution in [3.63, 3.8) is 0 Å². The number of benzene rings is 1. The van der Waals surface area contributed by atoms with Crippen molar-refractivity contribution in [2.75, 3.05) is 13.7 Å². The van der Waals surface area contributed by atoms with Crippen LogP contribution in [0.15, 0.2) is 53.3 Å². The zero-order valence-corrected chi connectivity index (χ0v) is 19.4. The fourth-order valence-corrected chi connectivity index (χ4v) is 4.12. The van der Waals surface area contributed by atoms with Crippen LogP contribution in [0.5, 0.6) is 5.75 Å². The number of hydrogen-bond acceptors (Lipinski definition) is 7. The number of likely N-dealkylation sites (N-methyl/N-ethyl adjacent to an activating group) is 1. The summed E-state index contributed by atoms with van der Waals surface area (Å²) in [6, 6.07) is 8.97. The molecule has 2 aromatic rings. The molecule has 1 aromatic carbocycles. The lowest BCUT2D eigenvalue weighted by Gasteiger charge is -2.34. The Morgan fingerprint density at radius 2 is 1.94 bits per heavy atom. The van der Waals surface area contributed by atoms with Crippen molar-refractivity contribution >= 4 is 23.7 Å². The predicted molar refractivity (Wildman–Crippen MR) is 121 cm³/mol. The highest BCUT2D eigenvalue weighted by Gasteiger charge is 2.45. The monoisotopic (exact) mass is 471 g/mol. The van der Waals surface area contributed by atoms with Crippen molar-refractivity contribution in [1.29, 1.82) is 0 Å². The normalized spacial score (nSPS) is 18.9. The number of nitrogens with one attached hydrogen (secondary N) is 1. The maximum atomic E-state index is 13.5. The number of nitrogens with two attached hydrogens (primary N) is 1. The number of ketones is 1. The van der Waals surface area contributed by atoms with E-state index in [1.807, 2.05) is 44.2 Å². The van der Waals surface area contributed by atoms with E-state index in [2.05, 4.69) is 5.32 Å². The van der Waals surface area contributed by atoms with E-state index in [4.69, 9.17) is 19.6 Å². The maximum Gasteiger partial charge on any atom is 0.413 e. The SMILES string of the molecule is CN(C(=O)[C@H](CC(C)(C)Cc1ccccc1)NC(=O)Oc1ccoc1)C1C(=O)COC1C(N)=O. The Kier molecular flexibility index (Phi) is 7.72. The summed E-state index contributed by atoms with van der Waals surface area (Å²) in [5, 5.41) is 2.60. The highest BCUT2D eigenvalue weighted by atomic mass is 16.6. The molecule has 1 fully saturated rings. The molecule has 0 bridgehead atoms. The first-order valence-corrected chi connectivity index (χ1v) is 10.8. The maximum absolute atomic E-state index is 13.5. The van der Waals surface area contributed by atoms with Gasteiger partial charge in [0, 0.05) is 13.1 Å². The van der Waals surface area contributed by atoms with Crippen molar-refractivity contribution in [3.05, 3.63) is 54.5 Å². The van der Waals surface area contributed by atoms with E-state index in [-0.39, 0.29) is 18.8 Å². The Morgan fingerprint density at radius 1 is 1.24 bits per heavy atom. The smallest absolute Gasteiger partial charge is 0.413 e. The third-order valence-corrected chi connectivity index (χ3v) is 5.65. The van der Waals surface area contributed by atoms with Crippen LogP contribution in [0.25, 0.3) is 0 Å². The van der Waals surface area contributed by atoms with Crippen molar-refractivity contribution in [1.82, 2.24) is 10.2 Å². The number of Topliss-reactive ketones (excluding diaryl/α,β-unsaturated/α-hetero) is 1. The molecule has 0 radical (unpaired) electrons. The van der Waals surface area contributed by atoms with Crippen molar-refractivity contribution in [3.8, 4) is 5.75 Å². The molecule has 0 spiro atoms. The number of hydrogen-bond donors (Lipinski definition) is 2. The number of ether oxygens (including phenoxy) is 2. The second kappa shape index (κ2) is 10.5. The lowest BCUT2D eigenvalue weighted by atomic mass is 9.79. The van der Waals surface area contributed by atoms with E-state index in [9.17, 15) is 19.2 Å². The molecular formula is C24H29N3O7. The minimum atomic E-state index is -1.25. The van der Waals surface area contributed by atoms with Gasteiger partial charge in [0.25, 0.3) is 0 Å². The zero-order chi connectivity index (χ0) is 24.9. The Bertz CT molecular complexity index is 1020.